The van der Waals surface area contributed by atoms with Crippen LogP contribution in [-0.2, 0) is 0 Å². The van der Waals surface area contributed by atoms with Gasteiger partial charge < -0.3 is 5.11 Å². The Bertz CT molecular complexity index is 214. The Hall–Kier alpha value is -0.755. The first-order chi connectivity index (χ1) is 5.36. The molecule has 0 fully saturated rings. The van der Waals surface area contributed by atoms with Crippen molar-refractivity contribution in [2.75, 3.05) is 6.61 Å². The van der Waals surface area contributed by atoms with Gasteiger partial charge in [-0.1, -0.05) is 36.6 Å². The standard InChI is InChI=1S/C9H12BO/c1-10-9-5-3-2-4-8(6-9)7-11/h3-6,11H,2,7H2,1H3. The molecule has 0 saturated carbocycles. The first kappa shape index (κ1) is 8.34. The minimum absolute atomic E-state index is 0.138. The summed E-state index contributed by atoms with van der Waals surface area (Å²) < 4.78 is 0. The average Bonchev–Trinajstić information content (AvgIpc) is 2.28. The molecular weight excluding hydrogens is 135 g/mol. The lowest BCUT2D eigenvalue weighted by Gasteiger charge is -1.96. The summed E-state index contributed by atoms with van der Waals surface area (Å²) in [6, 6.07) is 0. The Kier molecular flexibility index (Phi) is 3.18. The number of aliphatic hydroxyl groups excluding tert-OH is 1. The lowest BCUT2D eigenvalue weighted by atomic mass is 9.72. The van der Waals surface area contributed by atoms with Gasteiger partial charge >= 0.3 is 0 Å². The van der Waals surface area contributed by atoms with Crippen LogP contribution in [-0.4, -0.2) is 19.0 Å². The number of rotatable bonds is 2. The van der Waals surface area contributed by atoms with Gasteiger partial charge in [-0.25, -0.2) is 0 Å². The van der Waals surface area contributed by atoms with Gasteiger partial charge in [-0.2, -0.15) is 0 Å². The molecule has 1 radical (unpaired) electrons. The SMILES string of the molecule is C[B]C1=CC(CO)=CCC=C1. The van der Waals surface area contributed by atoms with E-state index in [1.165, 1.54) is 5.47 Å². The molecule has 57 valence electrons. The van der Waals surface area contributed by atoms with Gasteiger partial charge in [0.15, 0.2) is 0 Å². The van der Waals surface area contributed by atoms with E-state index < -0.39 is 0 Å². The largest absolute Gasteiger partial charge is 0.392 e. The molecule has 0 bridgehead atoms. The summed E-state index contributed by atoms with van der Waals surface area (Å²) in [5, 5.41) is 8.87. The third-order valence-electron chi connectivity index (χ3n) is 1.69. The zero-order valence-electron chi connectivity index (χ0n) is 6.75. The summed E-state index contributed by atoms with van der Waals surface area (Å²) in [5.74, 6) is 0. The van der Waals surface area contributed by atoms with Crippen LogP contribution in [0.4, 0.5) is 0 Å². The van der Waals surface area contributed by atoms with Crippen molar-refractivity contribution in [3.8, 4) is 0 Å². The molecule has 0 amide bonds. The molecule has 1 aliphatic rings. The number of allylic oxidation sites excluding steroid dienone is 4. The van der Waals surface area contributed by atoms with Gasteiger partial charge in [0.2, 0.25) is 0 Å². The number of aliphatic hydroxyl groups is 1. The van der Waals surface area contributed by atoms with Crippen LogP contribution in [0.15, 0.2) is 35.3 Å². The predicted octanol–water partition coefficient (Wildman–Crippen LogP) is 1.50. The molecule has 0 heterocycles. The summed E-state index contributed by atoms with van der Waals surface area (Å²) in [4.78, 5) is 0. The molecule has 1 nitrogen and oxygen atoms in total. The molecule has 2 heteroatoms. The highest BCUT2D eigenvalue weighted by molar-refractivity contribution is 6.44. The zero-order valence-corrected chi connectivity index (χ0v) is 6.75. The first-order valence-electron chi connectivity index (χ1n) is 3.84. The van der Waals surface area contributed by atoms with Crippen molar-refractivity contribution in [2.45, 2.75) is 13.2 Å². The van der Waals surface area contributed by atoms with Crippen molar-refractivity contribution < 1.29 is 5.11 Å². The van der Waals surface area contributed by atoms with Crippen LogP contribution in [0.25, 0.3) is 0 Å². The molecule has 0 atom stereocenters. The molecule has 0 aromatic heterocycles. The lowest BCUT2D eigenvalue weighted by molar-refractivity contribution is 0.334. The Labute approximate surface area is 68.4 Å². The summed E-state index contributed by atoms with van der Waals surface area (Å²) in [5.41, 5.74) is 2.17. The van der Waals surface area contributed by atoms with Crippen LogP contribution in [0.5, 0.6) is 0 Å². The molecule has 1 N–H and O–H groups in total. The molecule has 0 aromatic rings. The Morgan fingerprint density at radius 1 is 1.64 bits per heavy atom. The van der Waals surface area contributed by atoms with E-state index in [9.17, 15) is 0 Å². The fraction of sp³-hybridized carbons (Fsp3) is 0.333. The van der Waals surface area contributed by atoms with E-state index >= 15 is 0 Å². The van der Waals surface area contributed by atoms with E-state index in [1.54, 1.807) is 0 Å². The minimum Gasteiger partial charge on any atom is -0.392 e. The summed E-state index contributed by atoms with van der Waals surface area (Å²) in [7, 11) is 2.03. The maximum atomic E-state index is 8.87. The average molecular weight is 147 g/mol. The van der Waals surface area contributed by atoms with E-state index in [2.05, 4.69) is 12.2 Å². The van der Waals surface area contributed by atoms with Crippen LogP contribution < -0.4 is 0 Å². The highest BCUT2D eigenvalue weighted by Gasteiger charge is 1.96. The van der Waals surface area contributed by atoms with Crippen LogP contribution in [0, 0.1) is 0 Å². The fourth-order valence-electron chi connectivity index (χ4n) is 1.03. The van der Waals surface area contributed by atoms with Crippen molar-refractivity contribution in [3.05, 3.63) is 35.3 Å². The third-order valence-corrected chi connectivity index (χ3v) is 1.69. The number of hydrogen-bond acceptors (Lipinski definition) is 1. The molecule has 0 spiro atoms. The third kappa shape index (κ3) is 2.39. The highest BCUT2D eigenvalue weighted by Crippen LogP contribution is 2.09. The lowest BCUT2D eigenvalue weighted by Crippen LogP contribution is -1.90. The van der Waals surface area contributed by atoms with E-state index in [-0.39, 0.29) is 6.61 Å². The van der Waals surface area contributed by atoms with Crippen LogP contribution in [0.1, 0.15) is 6.42 Å². The van der Waals surface area contributed by atoms with Gasteiger partial charge in [0, 0.05) is 0 Å². The number of hydrogen-bond donors (Lipinski definition) is 1. The molecule has 0 unspecified atom stereocenters. The van der Waals surface area contributed by atoms with E-state index in [1.807, 2.05) is 26.3 Å². The normalized spacial score (nSPS) is 16.9. The zero-order chi connectivity index (χ0) is 8.10. The second kappa shape index (κ2) is 4.19. The smallest absolute Gasteiger partial charge is 0.148 e. The van der Waals surface area contributed by atoms with Crippen molar-refractivity contribution in [2.24, 2.45) is 0 Å². The van der Waals surface area contributed by atoms with Gasteiger partial charge in [0.1, 0.15) is 7.28 Å². The van der Waals surface area contributed by atoms with Crippen molar-refractivity contribution >= 4 is 7.28 Å². The molecule has 0 saturated heterocycles. The first-order valence-corrected chi connectivity index (χ1v) is 3.84. The van der Waals surface area contributed by atoms with Crippen LogP contribution >= 0.6 is 0 Å². The summed E-state index contributed by atoms with van der Waals surface area (Å²) >= 11 is 0. The molecule has 0 aliphatic heterocycles. The van der Waals surface area contributed by atoms with E-state index in [0.29, 0.717) is 0 Å². The Balaban J connectivity index is 2.77. The molecular formula is C9H12BO. The van der Waals surface area contributed by atoms with E-state index in [4.69, 9.17) is 5.11 Å². The minimum atomic E-state index is 0.138. The van der Waals surface area contributed by atoms with Crippen molar-refractivity contribution in [1.82, 2.24) is 0 Å². The summed E-state index contributed by atoms with van der Waals surface area (Å²) in [6.07, 6.45) is 9.12. The van der Waals surface area contributed by atoms with Crippen LogP contribution in [0.3, 0.4) is 0 Å². The van der Waals surface area contributed by atoms with E-state index in [0.717, 1.165) is 12.0 Å². The molecule has 11 heavy (non-hydrogen) atoms. The maximum Gasteiger partial charge on any atom is 0.148 e. The Morgan fingerprint density at radius 3 is 3.09 bits per heavy atom. The van der Waals surface area contributed by atoms with Crippen LogP contribution in [0.2, 0.25) is 6.82 Å². The predicted molar refractivity (Wildman–Crippen MR) is 48.6 cm³/mol. The molecule has 1 aliphatic carbocycles. The quantitative estimate of drug-likeness (QED) is 0.586. The van der Waals surface area contributed by atoms with Gasteiger partial charge in [-0.05, 0) is 12.0 Å². The Morgan fingerprint density at radius 2 is 2.45 bits per heavy atom. The van der Waals surface area contributed by atoms with Crippen molar-refractivity contribution in [1.29, 1.82) is 0 Å². The second-order valence-electron chi connectivity index (χ2n) is 2.51. The molecule has 1 rings (SSSR count). The fourth-order valence-corrected chi connectivity index (χ4v) is 1.03. The van der Waals surface area contributed by atoms with Gasteiger partial charge in [-0.15, -0.1) is 0 Å². The molecule has 0 aromatic carbocycles. The van der Waals surface area contributed by atoms with Gasteiger partial charge in [0.25, 0.3) is 0 Å². The second-order valence-corrected chi connectivity index (χ2v) is 2.51. The van der Waals surface area contributed by atoms with Gasteiger partial charge in [0.05, 0.1) is 6.61 Å². The maximum absolute atomic E-state index is 8.87. The monoisotopic (exact) mass is 147 g/mol. The topological polar surface area (TPSA) is 20.2 Å². The van der Waals surface area contributed by atoms with Gasteiger partial charge in [-0.3, -0.25) is 0 Å². The summed E-state index contributed by atoms with van der Waals surface area (Å²) in [6.45, 7) is 2.13. The highest BCUT2D eigenvalue weighted by atomic mass is 16.3. The van der Waals surface area contributed by atoms with Crippen molar-refractivity contribution in [3.63, 3.8) is 0 Å².